The molecular weight excluding hydrogens is 356 g/mol. The number of piperidine rings is 1. The zero-order valence-corrected chi connectivity index (χ0v) is 16.3. The molecule has 1 aromatic carbocycles. The van der Waals surface area contributed by atoms with Gasteiger partial charge in [-0.1, -0.05) is 30.3 Å². The minimum Gasteiger partial charge on any atom is -0.450 e. The van der Waals surface area contributed by atoms with Gasteiger partial charge in [0.15, 0.2) is 0 Å². The van der Waals surface area contributed by atoms with Crippen LogP contribution in [0.5, 0.6) is 0 Å². The number of rotatable bonds is 4. The minimum absolute atomic E-state index is 0.197. The van der Waals surface area contributed by atoms with Crippen molar-refractivity contribution < 1.29 is 14.6 Å². The van der Waals surface area contributed by atoms with Crippen molar-refractivity contribution in [2.75, 3.05) is 26.2 Å². The SMILES string of the molecule is CCOC(=O)N1CCC(N2CCn3nc([C@@H](O)c4ccccc4)cc3C2)CC1. The van der Waals surface area contributed by atoms with Crippen molar-refractivity contribution in [2.24, 2.45) is 0 Å². The predicted molar refractivity (Wildman–Crippen MR) is 105 cm³/mol. The first kappa shape index (κ1) is 19.0. The molecule has 7 nitrogen and oxygen atoms in total. The standard InChI is InChI=1S/C21H28N4O3/c1-2-28-21(27)23-10-8-17(9-11-23)24-12-13-25-18(15-24)14-19(22-25)20(26)16-6-4-3-5-7-16/h3-7,14,17,20,26H,2,8-13,15H2,1H3/t20-/m0/s1. The van der Waals surface area contributed by atoms with Gasteiger partial charge in [0, 0.05) is 32.2 Å². The summed E-state index contributed by atoms with van der Waals surface area (Å²) in [5.41, 5.74) is 2.71. The van der Waals surface area contributed by atoms with Crippen LogP contribution in [-0.2, 0) is 17.8 Å². The lowest BCUT2D eigenvalue weighted by molar-refractivity contribution is 0.0647. The number of nitrogens with zero attached hydrogens (tertiary/aromatic N) is 4. The van der Waals surface area contributed by atoms with E-state index in [0.717, 1.165) is 56.8 Å². The molecule has 4 rings (SSSR count). The van der Waals surface area contributed by atoms with Crippen molar-refractivity contribution >= 4 is 6.09 Å². The number of hydrogen-bond acceptors (Lipinski definition) is 5. The van der Waals surface area contributed by atoms with E-state index in [4.69, 9.17) is 4.74 Å². The molecule has 0 radical (unpaired) electrons. The Morgan fingerprint density at radius 3 is 2.68 bits per heavy atom. The van der Waals surface area contributed by atoms with Gasteiger partial charge in [-0.25, -0.2) is 4.79 Å². The molecule has 1 amide bonds. The van der Waals surface area contributed by atoms with Crippen LogP contribution >= 0.6 is 0 Å². The quantitative estimate of drug-likeness (QED) is 0.877. The monoisotopic (exact) mass is 384 g/mol. The van der Waals surface area contributed by atoms with E-state index in [2.05, 4.69) is 10.00 Å². The summed E-state index contributed by atoms with van der Waals surface area (Å²) < 4.78 is 7.13. The molecule has 0 bridgehead atoms. The highest BCUT2D eigenvalue weighted by atomic mass is 16.6. The van der Waals surface area contributed by atoms with E-state index in [1.807, 2.05) is 52.9 Å². The van der Waals surface area contributed by atoms with Crippen LogP contribution < -0.4 is 0 Å². The average molecular weight is 384 g/mol. The van der Waals surface area contributed by atoms with Crippen molar-refractivity contribution in [3.05, 3.63) is 53.3 Å². The van der Waals surface area contributed by atoms with Gasteiger partial charge >= 0.3 is 6.09 Å². The van der Waals surface area contributed by atoms with Crippen LogP contribution in [0.15, 0.2) is 36.4 Å². The third-order valence-corrected chi connectivity index (χ3v) is 5.75. The maximum atomic E-state index is 11.9. The summed E-state index contributed by atoms with van der Waals surface area (Å²) in [5, 5.41) is 15.3. The van der Waals surface area contributed by atoms with Crippen LogP contribution in [0.2, 0.25) is 0 Å². The van der Waals surface area contributed by atoms with Gasteiger partial charge in [0.25, 0.3) is 0 Å². The summed E-state index contributed by atoms with van der Waals surface area (Å²) in [4.78, 5) is 16.2. The molecule has 1 saturated heterocycles. The van der Waals surface area contributed by atoms with Gasteiger partial charge in [0.05, 0.1) is 24.5 Å². The Balaban J connectivity index is 1.38. The second-order valence-corrected chi connectivity index (χ2v) is 7.48. The third-order valence-electron chi connectivity index (χ3n) is 5.75. The number of aliphatic hydroxyl groups excluding tert-OH is 1. The number of aromatic nitrogens is 2. The number of aliphatic hydroxyl groups is 1. The van der Waals surface area contributed by atoms with Gasteiger partial charge in [0.1, 0.15) is 6.10 Å². The summed E-state index contributed by atoms with van der Waals surface area (Å²) in [7, 11) is 0. The van der Waals surface area contributed by atoms with Crippen molar-refractivity contribution in [3.8, 4) is 0 Å². The van der Waals surface area contributed by atoms with Crippen LogP contribution in [0.4, 0.5) is 4.79 Å². The number of ether oxygens (including phenoxy) is 1. The molecule has 2 aromatic rings. The first-order chi connectivity index (χ1) is 13.7. The van der Waals surface area contributed by atoms with Gasteiger partial charge in [-0.15, -0.1) is 0 Å². The van der Waals surface area contributed by atoms with E-state index in [1.54, 1.807) is 0 Å². The summed E-state index contributed by atoms with van der Waals surface area (Å²) >= 11 is 0. The molecule has 2 aliphatic heterocycles. The van der Waals surface area contributed by atoms with Crippen molar-refractivity contribution in [2.45, 2.75) is 45.0 Å². The highest BCUT2D eigenvalue weighted by Crippen LogP contribution is 2.26. The smallest absolute Gasteiger partial charge is 0.409 e. The first-order valence-corrected chi connectivity index (χ1v) is 10.1. The highest BCUT2D eigenvalue weighted by molar-refractivity contribution is 5.67. The van der Waals surface area contributed by atoms with Crippen LogP contribution in [0.25, 0.3) is 0 Å². The molecule has 2 aliphatic rings. The molecule has 1 aromatic heterocycles. The van der Waals surface area contributed by atoms with E-state index in [0.29, 0.717) is 18.3 Å². The zero-order valence-electron chi connectivity index (χ0n) is 16.3. The number of hydrogen-bond donors (Lipinski definition) is 1. The largest absolute Gasteiger partial charge is 0.450 e. The Labute approximate surface area is 165 Å². The summed E-state index contributed by atoms with van der Waals surface area (Å²) in [6.07, 6.45) is 1.04. The van der Waals surface area contributed by atoms with Crippen molar-refractivity contribution in [3.63, 3.8) is 0 Å². The molecule has 0 unspecified atom stereocenters. The minimum atomic E-state index is -0.694. The molecule has 1 N–H and O–H groups in total. The second-order valence-electron chi connectivity index (χ2n) is 7.48. The fourth-order valence-corrected chi connectivity index (χ4v) is 4.19. The molecule has 150 valence electrons. The molecule has 1 atom stereocenters. The van der Waals surface area contributed by atoms with Crippen LogP contribution in [0.1, 0.15) is 42.8 Å². The molecule has 0 spiro atoms. The Kier molecular flexibility index (Phi) is 5.64. The molecular formula is C21H28N4O3. The van der Waals surface area contributed by atoms with Crippen molar-refractivity contribution in [1.29, 1.82) is 0 Å². The van der Waals surface area contributed by atoms with E-state index in [1.165, 1.54) is 0 Å². The van der Waals surface area contributed by atoms with Crippen LogP contribution in [-0.4, -0.2) is 63.1 Å². The molecule has 7 heteroatoms. The molecule has 28 heavy (non-hydrogen) atoms. The Hall–Kier alpha value is -2.38. The Morgan fingerprint density at radius 1 is 1.21 bits per heavy atom. The van der Waals surface area contributed by atoms with E-state index in [-0.39, 0.29) is 6.09 Å². The Morgan fingerprint density at radius 2 is 1.96 bits per heavy atom. The number of carbonyl (C=O) groups excluding carboxylic acids is 1. The normalized spacial score (nSPS) is 19.3. The van der Waals surface area contributed by atoms with Gasteiger partial charge < -0.3 is 14.7 Å². The third kappa shape index (κ3) is 3.91. The topological polar surface area (TPSA) is 70.8 Å². The number of carbonyl (C=O) groups is 1. The van der Waals surface area contributed by atoms with Crippen LogP contribution in [0.3, 0.4) is 0 Å². The molecule has 3 heterocycles. The fraction of sp³-hybridized carbons (Fsp3) is 0.524. The van der Waals surface area contributed by atoms with E-state index >= 15 is 0 Å². The lowest BCUT2D eigenvalue weighted by atomic mass is 10.0. The summed E-state index contributed by atoms with van der Waals surface area (Å²) in [5.74, 6) is 0. The maximum Gasteiger partial charge on any atom is 0.409 e. The van der Waals surface area contributed by atoms with Gasteiger partial charge in [-0.2, -0.15) is 5.10 Å². The summed E-state index contributed by atoms with van der Waals surface area (Å²) in [6.45, 7) is 6.36. The summed E-state index contributed by atoms with van der Waals surface area (Å²) in [6, 6.07) is 12.1. The van der Waals surface area contributed by atoms with E-state index in [9.17, 15) is 9.90 Å². The maximum absolute atomic E-state index is 11.9. The second kappa shape index (κ2) is 8.32. The lowest BCUT2D eigenvalue weighted by Gasteiger charge is -2.39. The number of amides is 1. The fourth-order valence-electron chi connectivity index (χ4n) is 4.19. The first-order valence-electron chi connectivity index (χ1n) is 10.1. The van der Waals surface area contributed by atoms with Crippen molar-refractivity contribution in [1.82, 2.24) is 19.6 Å². The van der Waals surface area contributed by atoms with Gasteiger partial charge in [-0.05, 0) is 31.4 Å². The molecule has 1 fully saturated rings. The predicted octanol–water partition coefficient (Wildman–Crippen LogP) is 2.40. The van der Waals surface area contributed by atoms with Crippen LogP contribution in [0, 0.1) is 0 Å². The average Bonchev–Trinajstić information content (AvgIpc) is 3.17. The van der Waals surface area contributed by atoms with E-state index < -0.39 is 6.10 Å². The number of fused-ring (bicyclic) bond motifs is 1. The van der Waals surface area contributed by atoms with Gasteiger partial charge in [-0.3, -0.25) is 9.58 Å². The lowest BCUT2D eigenvalue weighted by Crippen LogP contribution is -2.48. The van der Waals surface area contributed by atoms with Gasteiger partial charge in [0.2, 0.25) is 0 Å². The highest BCUT2D eigenvalue weighted by Gasteiger charge is 2.30. The number of likely N-dealkylation sites (tertiary alicyclic amines) is 1. The molecule has 0 saturated carbocycles. The molecule has 0 aliphatic carbocycles. The zero-order chi connectivity index (χ0) is 19.5. The Bertz CT molecular complexity index is 799. The number of benzene rings is 1.